The largest absolute Gasteiger partial charge is 0.349 e. The lowest BCUT2D eigenvalue weighted by Crippen LogP contribution is -2.46. The van der Waals surface area contributed by atoms with E-state index >= 15 is 0 Å². The van der Waals surface area contributed by atoms with E-state index in [1.807, 2.05) is 12.1 Å². The molecule has 1 aromatic rings. The molecule has 3 rings (SSSR count). The average molecular weight is 339 g/mol. The van der Waals surface area contributed by atoms with Crippen LogP contribution in [0.4, 0.5) is 10.5 Å². The molecule has 2 aliphatic heterocycles. The number of hydrogen-bond donors (Lipinski definition) is 3. The molecule has 3 amide bonds. The monoisotopic (exact) mass is 338 g/mol. The highest BCUT2D eigenvalue weighted by Crippen LogP contribution is 2.17. The molecule has 3 N–H and O–H groups in total. The maximum atomic E-state index is 12.3. The van der Waals surface area contributed by atoms with Gasteiger partial charge in [-0.1, -0.05) is 0 Å². The Morgan fingerprint density at radius 2 is 2.00 bits per heavy atom. The van der Waals surface area contributed by atoms with Crippen molar-refractivity contribution in [1.82, 2.24) is 16.0 Å². The maximum Gasteiger partial charge on any atom is 0.321 e. The highest BCUT2D eigenvalue weighted by molar-refractivity contribution is 5.97. The number of amides is 3. The number of benzene rings is 1. The van der Waals surface area contributed by atoms with Crippen molar-refractivity contribution in [3.63, 3.8) is 0 Å². The summed E-state index contributed by atoms with van der Waals surface area (Å²) in [6, 6.07) is 7.79. The molecule has 23 heavy (non-hydrogen) atoms. The first kappa shape index (κ1) is 17.6. The van der Waals surface area contributed by atoms with Crippen LogP contribution in [0.25, 0.3) is 0 Å². The molecule has 126 valence electrons. The summed E-state index contributed by atoms with van der Waals surface area (Å²) in [6.45, 7) is 4.40. The zero-order chi connectivity index (χ0) is 15.5. The van der Waals surface area contributed by atoms with Crippen LogP contribution >= 0.6 is 12.4 Å². The molecule has 0 spiro atoms. The fraction of sp³-hybridized carbons (Fsp3) is 0.500. The second-order valence-corrected chi connectivity index (χ2v) is 5.98. The van der Waals surface area contributed by atoms with Gasteiger partial charge in [-0.05, 0) is 50.6 Å². The minimum absolute atomic E-state index is 0. The standard InChI is InChI=1S/C16H22N4O2.ClH/c1-11-10-13(6-7-17-11)19-15(21)12-2-4-14(5-3-12)20-9-8-18-16(20)22;/h2-5,11,13,17H,6-10H2,1H3,(H,18,22)(H,19,21);1H. The van der Waals surface area contributed by atoms with Crippen molar-refractivity contribution in [1.29, 1.82) is 0 Å². The Morgan fingerprint density at radius 3 is 2.61 bits per heavy atom. The van der Waals surface area contributed by atoms with Crippen molar-refractivity contribution in [2.24, 2.45) is 0 Å². The molecule has 2 heterocycles. The zero-order valence-electron chi connectivity index (χ0n) is 13.2. The van der Waals surface area contributed by atoms with Gasteiger partial charge in [0.15, 0.2) is 0 Å². The van der Waals surface area contributed by atoms with Crippen LogP contribution in [0.5, 0.6) is 0 Å². The lowest BCUT2D eigenvalue weighted by molar-refractivity contribution is 0.0925. The summed E-state index contributed by atoms with van der Waals surface area (Å²) in [6.07, 6.45) is 1.92. The molecule has 0 aromatic heterocycles. The number of anilines is 1. The van der Waals surface area contributed by atoms with Crippen molar-refractivity contribution in [2.75, 3.05) is 24.5 Å². The van der Waals surface area contributed by atoms with Gasteiger partial charge in [0, 0.05) is 36.4 Å². The van der Waals surface area contributed by atoms with E-state index in [1.54, 1.807) is 17.0 Å². The van der Waals surface area contributed by atoms with Gasteiger partial charge in [-0.2, -0.15) is 0 Å². The van der Waals surface area contributed by atoms with Gasteiger partial charge < -0.3 is 16.0 Å². The quantitative estimate of drug-likeness (QED) is 0.782. The van der Waals surface area contributed by atoms with Gasteiger partial charge in [-0.25, -0.2) is 4.79 Å². The van der Waals surface area contributed by atoms with E-state index < -0.39 is 0 Å². The molecule has 0 radical (unpaired) electrons. The Hall–Kier alpha value is -1.79. The Labute approximate surface area is 142 Å². The van der Waals surface area contributed by atoms with Crippen LogP contribution in [0, 0.1) is 0 Å². The van der Waals surface area contributed by atoms with Crippen molar-refractivity contribution in [3.05, 3.63) is 29.8 Å². The lowest BCUT2D eigenvalue weighted by Gasteiger charge is -2.28. The first-order valence-corrected chi connectivity index (χ1v) is 7.83. The number of urea groups is 1. The smallest absolute Gasteiger partial charge is 0.321 e. The summed E-state index contributed by atoms with van der Waals surface area (Å²) >= 11 is 0. The van der Waals surface area contributed by atoms with Gasteiger partial charge in [0.2, 0.25) is 0 Å². The topological polar surface area (TPSA) is 73.5 Å². The molecule has 2 saturated heterocycles. The van der Waals surface area contributed by atoms with Crippen LogP contribution < -0.4 is 20.9 Å². The number of nitrogens with one attached hydrogen (secondary N) is 3. The van der Waals surface area contributed by atoms with E-state index in [1.165, 1.54) is 0 Å². The highest BCUT2D eigenvalue weighted by atomic mass is 35.5. The third-order valence-electron chi connectivity index (χ3n) is 4.26. The molecule has 6 nitrogen and oxygen atoms in total. The Balaban J connectivity index is 0.00000192. The van der Waals surface area contributed by atoms with Crippen molar-refractivity contribution in [2.45, 2.75) is 31.8 Å². The van der Waals surface area contributed by atoms with Crippen LogP contribution in [0.3, 0.4) is 0 Å². The van der Waals surface area contributed by atoms with Crippen LogP contribution in [0.1, 0.15) is 30.1 Å². The van der Waals surface area contributed by atoms with Crippen molar-refractivity contribution >= 4 is 30.0 Å². The Bertz CT molecular complexity index is 564. The second-order valence-electron chi connectivity index (χ2n) is 5.98. The minimum atomic E-state index is -0.0825. The summed E-state index contributed by atoms with van der Waals surface area (Å²) in [7, 11) is 0. The number of rotatable bonds is 3. The Morgan fingerprint density at radius 1 is 1.26 bits per heavy atom. The van der Waals surface area contributed by atoms with Crippen LogP contribution in [-0.4, -0.2) is 43.7 Å². The number of halogens is 1. The van der Waals surface area contributed by atoms with E-state index in [4.69, 9.17) is 0 Å². The minimum Gasteiger partial charge on any atom is -0.349 e. The van der Waals surface area contributed by atoms with Gasteiger partial charge in [-0.15, -0.1) is 12.4 Å². The summed E-state index contributed by atoms with van der Waals surface area (Å²) in [4.78, 5) is 25.6. The predicted octanol–water partition coefficient (Wildman–Crippen LogP) is 1.51. The summed E-state index contributed by atoms with van der Waals surface area (Å²) in [5.74, 6) is -0.0449. The molecule has 0 bridgehead atoms. The van der Waals surface area contributed by atoms with E-state index in [2.05, 4.69) is 22.9 Å². The molecule has 2 aliphatic rings. The van der Waals surface area contributed by atoms with Crippen LogP contribution in [0.15, 0.2) is 24.3 Å². The van der Waals surface area contributed by atoms with E-state index in [0.717, 1.165) is 25.1 Å². The zero-order valence-corrected chi connectivity index (χ0v) is 14.0. The first-order chi connectivity index (χ1) is 10.6. The second kappa shape index (κ2) is 7.66. The van der Waals surface area contributed by atoms with Crippen LogP contribution in [0.2, 0.25) is 0 Å². The third-order valence-corrected chi connectivity index (χ3v) is 4.26. The first-order valence-electron chi connectivity index (χ1n) is 7.83. The number of carbonyl (C=O) groups excluding carboxylic acids is 2. The normalized spacial score (nSPS) is 23.9. The number of nitrogens with zero attached hydrogens (tertiary/aromatic N) is 1. The molecule has 7 heteroatoms. The predicted molar refractivity (Wildman–Crippen MR) is 92.4 cm³/mol. The van der Waals surface area contributed by atoms with Crippen molar-refractivity contribution in [3.8, 4) is 0 Å². The Kier molecular flexibility index (Phi) is 5.85. The van der Waals surface area contributed by atoms with E-state index in [-0.39, 0.29) is 30.4 Å². The summed E-state index contributed by atoms with van der Waals surface area (Å²) in [5.41, 5.74) is 1.46. The third kappa shape index (κ3) is 4.14. The molecule has 0 aliphatic carbocycles. The van der Waals surface area contributed by atoms with Gasteiger partial charge in [-0.3, -0.25) is 9.69 Å². The fourth-order valence-electron chi connectivity index (χ4n) is 3.04. The van der Waals surface area contributed by atoms with Crippen LogP contribution in [-0.2, 0) is 0 Å². The van der Waals surface area contributed by atoms with Gasteiger partial charge >= 0.3 is 6.03 Å². The van der Waals surface area contributed by atoms with Crippen molar-refractivity contribution < 1.29 is 9.59 Å². The van der Waals surface area contributed by atoms with E-state index in [9.17, 15) is 9.59 Å². The SMILES string of the molecule is CC1CC(NC(=O)c2ccc(N3CCNC3=O)cc2)CCN1.Cl. The molecule has 2 atom stereocenters. The number of hydrogen-bond acceptors (Lipinski definition) is 3. The van der Waals surface area contributed by atoms with Gasteiger partial charge in [0.05, 0.1) is 0 Å². The van der Waals surface area contributed by atoms with E-state index in [0.29, 0.717) is 24.7 Å². The van der Waals surface area contributed by atoms with Gasteiger partial charge in [0.1, 0.15) is 0 Å². The number of piperidine rings is 1. The molecule has 2 fully saturated rings. The maximum absolute atomic E-state index is 12.3. The summed E-state index contributed by atoms with van der Waals surface area (Å²) < 4.78 is 0. The molecule has 1 aromatic carbocycles. The molecular weight excluding hydrogens is 316 g/mol. The fourth-order valence-corrected chi connectivity index (χ4v) is 3.04. The average Bonchev–Trinajstić information content (AvgIpc) is 2.93. The molecular formula is C16H23ClN4O2. The number of carbonyl (C=O) groups is 2. The highest BCUT2D eigenvalue weighted by Gasteiger charge is 2.22. The molecule has 2 unspecified atom stereocenters. The summed E-state index contributed by atoms with van der Waals surface area (Å²) in [5, 5.41) is 9.23. The van der Waals surface area contributed by atoms with Gasteiger partial charge in [0.25, 0.3) is 5.91 Å². The molecule has 0 saturated carbocycles. The lowest BCUT2D eigenvalue weighted by atomic mass is 10.0.